The minimum absolute atomic E-state index is 0.246. The zero-order valence-corrected chi connectivity index (χ0v) is 11.3. The highest BCUT2D eigenvalue weighted by molar-refractivity contribution is 4.95. The van der Waals surface area contributed by atoms with Crippen LogP contribution >= 0.6 is 0 Å². The summed E-state index contributed by atoms with van der Waals surface area (Å²) in [7, 11) is 0. The lowest BCUT2D eigenvalue weighted by atomic mass is 10.1. The van der Waals surface area contributed by atoms with Crippen LogP contribution in [0.25, 0.3) is 0 Å². The molecule has 5 heteroatoms. The molecule has 2 heterocycles. The Morgan fingerprint density at radius 2 is 2.28 bits per heavy atom. The van der Waals surface area contributed by atoms with E-state index >= 15 is 0 Å². The third kappa shape index (κ3) is 4.07. The van der Waals surface area contributed by atoms with Crippen molar-refractivity contribution in [2.75, 3.05) is 13.2 Å². The van der Waals surface area contributed by atoms with Crippen molar-refractivity contribution < 1.29 is 9.26 Å². The molecule has 0 bridgehead atoms. The van der Waals surface area contributed by atoms with E-state index in [-0.39, 0.29) is 12.1 Å². The van der Waals surface area contributed by atoms with Crippen molar-refractivity contribution in [3.05, 3.63) is 11.7 Å². The zero-order chi connectivity index (χ0) is 12.8. The summed E-state index contributed by atoms with van der Waals surface area (Å²) in [4.78, 5) is 4.45. The van der Waals surface area contributed by atoms with Gasteiger partial charge in [-0.3, -0.25) is 0 Å². The molecule has 18 heavy (non-hydrogen) atoms. The topological polar surface area (TPSA) is 60.2 Å². The first-order valence-electron chi connectivity index (χ1n) is 6.93. The van der Waals surface area contributed by atoms with Crippen molar-refractivity contribution in [2.24, 2.45) is 0 Å². The molecule has 0 aliphatic carbocycles. The van der Waals surface area contributed by atoms with E-state index in [2.05, 4.69) is 15.5 Å². The molecule has 1 aliphatic heterocycles. The molecule has 1 saturated heterocycles. The summed E-state index contributed by atoms with van der Waals surface area (Å²) >= 11 is 0. The van der Waals surface area contributed by atoms with Crippen LogP contribution in [0.5, 0.6) is 0 Å². The molecule has 5 nitrogen and oxygen atoms in total. The summed E-state index contributed by atoms with van der Waals surface area (Å²) in [6.45, 7) is 5.73. The van der Waals surface area contributed by atoms with Crippen LogP contribution in [0.15, 0.2) is 4.52 Å². The van der Waals surface area contributed by atoms with E-state index in [1.165, 1.54) is 19.3 Å². The van der Waals surface area contributed by atoms with Crippen LogP contribution in [0.3, 0.4) is 0 Å². The molecule has 102 valence electrons. The molecule has 2 rings (SSSR count). The average molecular weight is 253 g/mol. The number of nitrogens with zero attached hydrogens (tertiary/aromatic N) is 2. The fourth-order valence-corrected chi connectivity index (χ4v) is 2.14. The Kier molecular flexibility index (Phi) is 5.13. The summed E-state index contributed by atoms with van der Waals surface area (Å²) in [6.07, 6.45) is 5.80. The predicted molar refractivity (Wildman–Crippen MR) is 68.3 cm³/mol. The van der Waals surface area contributed by atoms with Gasteiger partial charge < -0.3 is 14.6 Å². The van der Waals surface area contributed by atoms with Gasteiger partial charge in [-0.15, -0.1) is 0 Å². The average Bonchev–Trinajstić information content (AvgIpc) is 2.63. The summed E-state index contributed by atoms with van der Waals surface area (Å²) in [5.41, 5.74) is 0. The van der Waals surface area contributed by atoms with Gasteiger partial charge >= 0.3 is 0 Å². The lowest BCUT2D eigenvalue weighted by molar-refractivity contribution is 0.0773. The van der Waals surface area contributed by atoms with Gasteiger partial charge in [0.15, 0.2) is 5.82 Å². The Morgan fingerprint density at radius 3 is 3.11 bits per heavy atom. The van der Waals surface area contributed by atoms with Crippen LogP contribution in [0, 0.1) is 0 Å². The lowest BCUT2D eigenvalue weighted by Crippen LogP contribution is -2.21. The molecule has 0 spiro atoms. The zero-order valence-electron chi connectivity index (χ0n) is 11.3. The van der Waals surface area contributed by atoms with Gasteiger partial charge in [-0.2, -0.15) is 4.98 Å². The maximum absolute atomic E-state index is 5.48. The minimum Gasteiger partial charge on any atom is -0.378 e. The first kappa shape index (κ1) is 13.5. The molecular formula is C13H23N3O2. The Labute approximate surface area is 108 Å². The van der Waals surface area contributed by atoms with Crippen LogP contribution in [-0.2, 0) is 11.2 Å². The molecular weight excluding hydrogens is 230 g/mol. The Bertz CT molecular complexity index is 344. The van der Waals surface area contributed by atoms with E-state index in [9.17, 15) is 0 Å². The second kappa shape index (κ2) is 6.85. The number of ether oxygens (including phenoxy) is 1. The molecule has 0 radical (unpaired) electrons. The van der Waals surface area contributed by atoms with Crippen LogP contribution in [0.4, 0.5) is 0 Å². The quantitative estimate of drug-likeness (QED) is 0.872. The summed E-state index contributed by atoms with van der Waals surface area (Å²) in [5, 5.41) is 7.54. The number of hydrogen-bond donors (Lipinski definition) is 1. The van der Waals surface area contributed by atoms with Crippen molar-refractivity contribution in [3.63, 3.8) is 0 Å². The fourth-order valence-electron chi connectivity index (χ4n) is 2.14. The second-order valence-corrected chi connectivity index (χ2v) is 5.07. The highest BCUT2D eigenvalue weighted by Gasteiger charge is 2.19. The van der Waals surface area contributed by atoms with Gasteiger partial charge in [0, 0.05) is 0 Å². The van der Waals surface area contributed by atoms with Gasteiger partial charge in [0.05, 0.1) is 25.2 Å². The first-order valence-corrected chi connectivity index (χ1v) is 6.93. The SMILES string of the molecule is CC(C)OCCc1nc([C@@H]2CCCCCN2)no1. The number of hydrogen-bond acceptors (Lipinski definition) is 5. The van der Waals surface area contributed by atoms with Gasteiger partial charge in [0.1, 0.15) is 0 Å². The Balaban J connectivity index is 1.84. The number of rotatable bonds is 5. The molecule has 1 aromatic rings. The molecule has 1 N–H and O–H groups in total. The smallest absolute Gasteiger partial charge is 0.229 e. The van der Waals surface area contributed by atoms with Gasteiger partial charge in [0.2, 0.25) is 5.89 Å². The van der Waals surface area contributed by atoms with Gasteiger partial charge in [-0.25, -0.2) is 0 Å². The Morgan fingerprint density at radius 1 is 1.39 bits per heavy atom. The van der Waals surface area contributed by atoms with Gasteiger partial charge in [0.25, 0.3) is 0 Å². The molecule has 0 aromatic carbocycles. The standard InChI is InChI=1S/C13H23N3O2/c1-10(2)17-9-7-12-15-13(16-18-12)11-6-4-3-5-8-14-11/h10-11,14H,3-9H2,1-2H3/t11-/m0/s1. The van der Waals surface area contributed by atoms with Crippen molar-refractivity contribution >= 4 is 0 Å². The largest absolute Gasteiger partial charge is 0.378 e. The number of nitrogens with one attached hydrogen (secondary N) is 1. The summed E-state index contributed by atoms with van der Waals surface area (Å²) in [5.74, 6) is 1.48. The van der Waals surface area contributed by atoms with Crippen molar-refractivity contribution in [1.29, 1.82) is 0 Å². The van der Waals surface area contributed by atoms with E-state index in [4.69, 9.17) is 9.26 Å². The third-order valence-corrected chi connectivity index (χ3v) is 3.12. The summed E-state index contributed by atoms with van der Waals surface area (Å²) in [6, 6.07) is 0.260. The summed E-state index contributed by atoms with van der Waals surface area (Å²) < 4.78 is 10.7. The maximum Gasteiger partial charge on any atom is 0.229 e. The third-order valence-electron chi connectivity index (χ3n) is 3.12. The van der Waals surface area contributed by atoms with E-state index in [1.54, 1.807) is 0 Å². The highest BCUT2D eigenvalue weighted by atomic mass is 16.5. The van der Waals surface area contributed by atoms with Crippen LogP contribution < -0.4 is 5.32 Å². The van der Waals surface area contributed by atoms with Crippen LogP contribution in [-0.4, -0.2) is 29.4 Å². The van der Waals surface area contributed by atoms with Gasteiger partial charge in [-0.1, -0.05) is 18.0 Å². The molecule has 0 saturated carbocycles. The van der Waals surface area contributed by atoms with E-state index < -0.39 is 0 Å². The predicted octanol–water partition coefficient (Wildman–Crippen LogP) is 2.24. The highest BCUT2D eigenvalue weighted by Crippen LogP contribution is 2.20. The molecule has 1 aliphatic rings. The maximum atomic E-state index is 5.48. The molecule has 0 amide bonds. The molecule has 1 fully saturated rings. The van der Waals surface area contributed by atoms with Crippen molar-refractivity contribution in [1.82, 2.24) is 15.5 Å². The van der Waals surface area contributed by atoms with E-state index in [0.717, 1.165) is 18.8 Å². The monoisotopic (exact) mass is 253 g/mol. The van der Waals surface area contributed by atoms with Gasteiger partial charge in [-0.05, 0) is 33.2 Å². The Hall–Kier alpha value is -0.940. The van der Waals surface area contributed by atoms with Crippen LogP contribution in [0.1, 0.15) is 57.3 Å². The first-order chi connectivity index (χ1) is 8.75. The lowest BCUT2D eigenvalue weighted by Gasteiger charge is -2.09. The van der Waals surface area contributed by atoms with Crippen molar-refractivity contribution in [3.8, 4) is 0 Å². The number of aromatic nitrogens is 2. The van der Waals surface area contributed by atoms with E-state index in [0.29, 0.717) is 18.9 Å². The van der Waals surface area contributed by atoms with Crippen LogP contribution in [0.2, 0.25) is 0 Å². The second-order valence-electron chi connectivity index (χ2n) is 5.07. The minimum atomic E-state index is 0.246. The fraction of sp³-hybridized carbons (Fsp3) is 0.846. The van der Waals surface area contributed by atoms with E-state index in [1.807, 2.05) is 13.8 Å². The molecule has 1 atom stereocenters. The molecule has 1 aromatic heterocycles. The van der Waals surface area contributed by atoms with Crippen molar-refractivity contribution in [2.45, 2.75) is 58.1 Å². The normalized spacial score (nSPS) is 21.2. The molecule has 0 unspecified atom stereocenters.